The molecule has 6 heteroatoms. The van der Waals surface area contributed by atoms with E-state index in [0.29, 0.717) is 15.5 Å². The van der Waals surface area contributed by atoms with Gasteiger partial charge in [0.2, 0.25) is 0 Å². The second-order valence-electron chi connectivity index (χ2n) is 4.78. The number of aromatic nitrogens is 2. The predicted molar refractivity (Wildman–Crippen MR) is 87.2 cm³/mol. The first-order chi connectivity index (χ1) is 9.19. The molecule has 2 N–H and O–H groups in total. The van der Waals surface area contributed by atoms with Gasteiger partial charge in [0.05, 0.1) is 23.0 Å². The molecule has 108 valence electrons. The maximum atomic E-state index is 6.53. The molecule has 1 aliphatic heterocycles. The fraction of sp³-hybridized carbons (Fsp3) is 0.769. The zero-order chi connectivity index (χ0) is 13.8. The average molecular weight is 320 g/mol. The van der Waals surface area contributed by atoms with Crippen molar-refractivity contribution in [3.05, 3.63) is 16.9 Å². The molecule has 2 heterocycles. The van der Waals surface area contributed by atoms with Crippen LogP contribution < -0.4 is 5.73 Å². The van der Waals surface area contributed by atoms with Crippen LogP contribution in [-0.4, -0.2) is 31.8 Å². The lowest BCUT2D eigenvalue weighted by molar-refractivity contribution is 0.521. The summed E-state index contributed by atoms with van der Waals surface area (Å²) in [5, 5.41) is 6.13. The molecule has 19 heavy (non-hydrogen) atoms. The van der Waals surface area contributed by atoms with Crippen LogP contribution in [0.4, 0.5) is 0 Å². The molecule has 1 saturated heterocycles. The molecular weight excluding hydrogens is 298 g/mol. The van der Waals surface area contributed by atoms with Crippen LogP contribution in [0, 0.1) is 0 Å². The van der Waals surface area contributed by atoms with Gasteiger partial charge in [-0.25, -0.2) is 0 Å². The second-order valence-corrected chi connectivity index (χ2v) is 7.82. The van der Waals surface area contributed by atoms with Crippen LogP contribution in [0.15, 0.2) is 6.20 Å². The molecule has 0 aromatic carbocycles. The fourth-order valence-electron chi connectivity index (χ4n) is 2.52. The minimum atomic E-state index is -0.0238. The lowest BCUT2D eigenvalue weighted by Crippen LogP contribution is -2.37. The summed E-state index contributed by atoms with van der Waals surface area (Å²) in [6.45, 7) is 5.27. The first kappa shape index (κ1) is 15.5. The fourth-order valence-corrected chi connectivity index (χ4v) is 5.94. The summed E-state index contributed by atoms with van der Waals surface area (Å²) < 4.78 is 1.99. The first-order valence-electron chi connectivity index (χ1n) is 6.89. The highest BCUT2D eigenvalue weighted by Gasteiger charge is 2.33. The largest absolute Gasteiger partial charge is 0.322 e. The number of hydrogen-bond acceptors (Lipinski definition) is 4. The third-order valence-corrected chi connectivity index (χ3v) is 7.10. The molecule has 1 fully saturated rings. The van der Waals surface area contributed by atoms with Gasteiger partial charge in [-0.15, -0.1) is 0 Å². The number of halogens is 1. The van der Waals surface area contributed by atoms with Gasteiger partial charge < -0.3 is 5.73 Å². The van der Waals surface area contributed by atoms with Crippen molar-refractivity contribution in [1.29, 1.82) is 0 Å². The highest BCUT2D eigenvalue weighted by atomic mass is 35.5. The standard InChI is InChI=1S/C13H22ClN3S2/c1-3-5-17-12(9(14)8-16-17)11(15)13-10(4-2)18-6-7-19-13/h8,10-11,13H,3-7,15H2,1-2H3. The van der Waals surface area contributed by atoms with E-state index in [-0.39, 0.29) is 6.04 Å². The number of aryl methyl sites for hydroxylation is 1. The van der Waals surface area contributed by atoms with Crippen molar-refractivity contribution in [3.63, 3.8) is 0 Å². The molecule has 1 aliphatic rings. The van der Waals surface area contributed by atoms with Crippen molar-refractivity contribution in [2.24, 2.45) is 5.73 Å². The number of nitrogens with zero attached hydrogens (tertiary/aromatic N) is 2. The number of rotatable bonds is 5. The van der Waals surface area contributed by atoms with Crippen molar-refractivity contribution in [3.8, 4) is 0 Å². The van der Waals surface area contributed by atoms with E-state index >= 15 is 0 Å². The molecule has 0 radical (unpaired) electrons. The van der Waals surface area contributed by atoms with Crippen molar-refractivity contribution in [2.75, 3.05) is 11.5 Å². The number of thioether (sulfide) groups is 2. The maximum absolute atomic E-state index is 6.53. The number of nitrogens with two attached hydrogens (primary N) is 1. The van der Waals surface area contributed by atoms with E-state index < -0.39 is 0 Å². The summed E-state index contributed by atoms with van der Waals surface area (Å²) in [5.74, 6) is 2.41. The Morgan fingerprint density at radius 2 is 2.21 bits per heavy atom. The Bertz CT molecular complexity index is 411. The zero-order valence-corrected chi connectivity index (χ0v) is 13.9. The van der Waals surface area contributed by atoms with Crippen LogP contribution in [0.3, 0.4) is 0 Å². The van der Waals surface area contributed by atoms with E-state index in [1.807, 2.05) is 28.2 Å². The molecule has 0 aliphatic carbocycles. The Labute approximate surface area is 129 Å². The van der Waals surface area contributed by atoms with E-state index in [2.05, 4.69) is 18.9 Å². The van der Waals surface area contributed by atoms with E-state index in [1.165, 1.54) is 11.5 Å². The minimum Gasteiger partial charge on any atom is -0.322 e. The van der Waals surface area contributed by atoms with Gasteiger partial charge in [-0.05, 0) is 12.8 Å². The third kappa shape index (κ3) is 3.43. The molecule has 2 rings (SSSR count). The van der Waals surface area contributed by atoms with Gasteiger partial charge in [0.25, 0.3) is 0 Å². The van der Waals surface area contributed by atoms with E-state index in [1.54, 1.807) is 6.20 Å². The molecule has 1 aromatic rings. The Kier molecular flexibility index (Phi) is 5.93. The molecule has 3 atom stereocenters. The maximum Gasteiger partial charge on any atom is 0.0834 e. The van der Waals surface area contributed by atoms with Gasteiger partial charge in [-0.2, -0.15) is 28.6 Å². The predicted octanol–water partition coefficient (Wildman–Crippen LogP) is 3.57. The Hall–Kier alpha value is 0.160. The van der Waals surface area contributed by atoms with E-state index in [4.69, 9.17) is 17.3 Å². The van der Waals surface area contributed by atoms with Crippen LogP contribution in [0.25, 0.3) is 0 Å². The monoisotopic (exact) mass is 319 g/mol. The topological polar surface area (TPSA) is 43.8 Å². The van der Waals surface area contributed by atoms with Gasteiger partial charge in [-0.3, -0.25) is 4.68 Å². The summed E-state index contributed by atoms with van der Waals surface area (Å²) in [6, 6.07) is -0.0238. The molecule has 3 nitrogen and oxygen atoms in total. The van der Waals surface area contributed by atoms with Gasteiger partial charge in [0.1, 0.15) is 0 Å². The molecule has 1 aromatic heterocycles. The van der Waals surface area contributed by atoms with Crippen molar-refractivity contribution < 1.29 is 0 Å². The van der Waals surface area contributed by atoms with Gasteiger partial charge in [0, 0.05) is 28.6 Å². The van der Waals surface area contributed by atoms with Crippen molar-refractivity contribution in [1.82, 2.24) is 9.78 Å². The Morgan fingerprint density at radius 1 is 1.47 bits per heavy atom. The van der Waals surface area contributed by atoms with E-state index in [0.717, 1.165) is 25.1 Å². The SMILES string of the molecule is CCCn1ncc(Cl)c1C(N)C1SCCSC1CC. The van der Waals surface area contributed by atoms with E-state index in [9.17, 15) is 0 Å². The highest BCUT2D eigenvalue weighted by Crippen LogP contribution is 2.40. The van der Waals surface area contributed by atoms with Gasteiger partial charge in [0.15, 0.2) is 0 Å². The summed E-state index contributed by atoms with van der Waals surface area (Å²) in [6.07, 6.45) is 3.94. The summed E-state index contributed by atoms with van der Waals surface area (Å²) in [7, 11) is 0. The highest BCUT2D eigenvalue weighted by molar-refractivity contribution is 8.07. The molecule has 0 spiro atoms. The lowest BCUT2D eigenvalue weighted by atomic mass is 10.1. The molecule has 0 amide bonds. The Balaban J connectivity index is 2.22. The zero-order valence-electron chi connectivity index (χ0n) is 11.5. The van der Waals surface area contributed by atoms with Crippen molar-refractivity contribution in [2.45, 2.75) is 49.8 Å². The summed E-state index contributed by atoms with van der Waals surface area (Å²) >= 11 is 10.3. The quantitative estimate of drug-likeness (QED) is 0.901. The molecule has 3 unspecified atom stereocenters. The van der Waals surface area contributed by atoms with Crippen LogP contribution in [0.1, 0.15) is 38.4 Å². The normalized spacial score (nSPS) is 25.5. The van der Waals surface area contributed by atoms with Crippen LogP contribution in [0.2, 0.25) is 5.02 Å². The number of hydrogen-bond donors (Lipinski definition) is 1. The van der Waals surface area contributed by atoms with Crippen LogP contribution >= 0.6 is 35.1 Å². The molecular formula is C13H22ClN3S2. The van der Waals surface area contributed by atoms with Gasteiger partial charge in [-0.1, -0.05) is 25.4 Å². The minimum absolute atomic E-state index is 0.0238. The smallest absolute Gasteiger partial charge is 0.0834 e. The lowest BCUT2D eigenvalue weighted by Gasteiger charge is -2.34. The summed E-state index contributed by atoms with van der Waals surface area (Å²) in [4.78, 5) is 0. The molecule has 0 saturated carbocycles. The van der Waals surface area contributed by atoms with Crippen LogP contribution in [-0.2, 0) is 6.54 Å². The average Bonchev–Trinajstić information content (AvgIpc) is 2.79. The van der Waals surface area contributed by atoms with Crippen molar-refractivity contribution >= 4 is 35.1 Å². The Morgan fingerprint density at radius 3 is 2.89 bits per heavy atom. The third-order valence-electron chi connectivity index (χ3n) is 3.43. The summed E-state index contributed by atoms with van der Waals surface area (Å²) in [5.41, 5.74) is 7.55. The van der Waals surface area contributed by atoms with Gasteiger partial charge >= 0.3 is 0 Å². The molecule has 0 bridgehead atoms. The second kappa shape index (κ2) is 7.25. The van der Waals surface area contributed by atoms with Crippen LogP contribution in [0.5, 0.6) is 0 Å². The first-order valence-corrected chi connectivity index (χ1v) is 9.36.